The molecular weight excluding hydrogens is 510 g/mol. The van der Waals surface area contributed by atoms with E-state index in [1.54, 1.807) is 18.3 Å². The molecule has 5 rings (SSSR count). The Kier molecular flexibility index (Phi) is 7.35. The molecule has 0 fully saturated rings. The molecule has 0 bridgehead atoms. The molecule has 1 aliphatic heterocycles. The summed E-state index contributed by atoms with van der Waals surface area (Å²) in [5.41, 5.74) is 3.84. The van der Waals surface area contributed by atoms with Crippen LogP contribution in [-0.2, 0) is 17.8 Å². The maximum absolute atomic E-state index is 13.6. The lowest BCUT2D eigenvalue weighted by Gasteiger charge is -2.25. The van der Waals surface area contributed by atoms with Gasteiger partial charge in [0.25, 0.3) is 0 Å². The first-order valence-corrected chi connectivity index (χ1v) is 12.9. The van der Waals surface area contributed by atoms with Crippen molar-refractivity contribution in [2.75, 3.05) is 5.32 Å². The number of hydrogen-bond acceptors (Lipinski definition) is 7. The van der Waals surface area contributed by atoms with Gasteiger partial charge in [-0.3, -0.25) is 9.78 Å². The van der Waals surface area contributed by atoms with E-state index >= 15 is 0 Å². The van der Waals surface area contributed by atoms with Crippen LogP contribution in [0.15, 0.2) is 59.8 Å². The van der Waals surface area contributed by atoms with Crippen molar-refractivity contribution in [3.05, 3.63) is 88.7 Å². The molecule has 0 saturated heterocycles. The maximum Gasteiger partial charge on any atom is 0.237 e. The van der Waals surface area contributed by atoms with Gasteiger partial charge in [-0.25, -0.2) is 13.8 Å². The van der Waals surface area contributed by atoms with Crippen molar-refractivity contribution in [2.24, 2.45) is 0 Å². The molecule has 2 N–H and O–H groups in total. The number of carbonyl (C=O) groups is 1. The normalized spacial score (nSPS) is 12.8. The van der Waals surface area contributed by atoms with Crippen LogP contribution in [-0.4, -0.2) is 31.2 Å². The van der Waals surface area contributed by atoms with E-state index in [0.29, 0.717) is 63.4 Å². The third kappa shape index (κ3) is 5.23. The fourth-order valence-electron chi connectivity index (χ4n) is 4.13. The number of aliphatic hydroxyl groups excluding tert-OH is 1. The van der Waals surface area contributed by atoms with Gasteiger partial charge in [0.15, 0.2) is 11.6 Å². The van der Waals surface area contributed by atoms with Crippen LogP contribution in [0.5, 0.6) is 11.6 Å². The number of nitrogens with zero attached hydrogens (tertiary/aromatic N) is 3. The number of nitrogens with one attached hydrogen (secondary N) is 1. The monoisotopic (exact) mass is 534 g/mol. The molecule has 1 aliphatic rings. The highest BCUT2D eigenvalue weighted by atomic mass is 32.2. The van der Waals surface area contributed by atoms with E-state index in [0.717, 1.165) is 5.56 Å². The van der Waals surface area contributed by atoms with Crippen LogP contribution < -0.4 is 10.1 Å². The van der Waals surface area contributed by atoms with Crippen LogP contribution in [0.25, 0.3) is 11.4 Å². The number of anilines is 1. The summed E-state index contributed by atoms with van der Waals surface area (Å²) in [6, 6.07) is 11.4. The van der Waals surface area contributed by atoms with Gasteiger partial charge in [-0.05, 0) is 61.9 Å². The number of aliphatic hydroxyl groups is 1. The van der Waals surface area contributed by atoms with Crippen LogP contribution in [0.1, 0.15) is 35.7 Å². The quantitative estimate of drug-likeness (QED) is 0.201. The fourth-order valence-corrected chi connectivity index (χ4v) is 5.18. The Morgan fingerprint density at radius 2 is 1.76 bits per heavy atom. The average Bonchev–Trinajstić information content (AvgIpc) is 2.92. The first-order chi connectivity index (χ1) is 18.4. The Hall–Kier alpha value is -3.89. The number of ether oxygens (including phenoxy) is 1. The number of halogens is 2. The topological polar surface area (TPSA) is 97.2 Å². The molecular formula is C28H24F2N4O3S. The van der Waals surface area contributed by atoms with Crippen molar-refractivity contribution in [1.82, 2.24) is 15.0 Å². The number of benzene rings is 2. The van der Waals surface area contributed by atoms with Gasteiger partial charge < -0.3 is 15.2 Å². The maximum atomic E-state index is 13.6. The van der Waals surface area contributed by atoms with Crippen molar-refractivity contribution in [1.29, 1.82) is 0 Å². The summed E-state index contributed by atoms with van der Waals surface area (Å²) < 4.78 is 33.1. The molecule has 0 saturated carbocycles. The molecule has 194 valence electrons. The predicted molar refractivity (Wildman–Crippen MR) is 140 cm³/mol. The van der Waals surface area contributed by atoms with Crippen LogP contribution in [0.3, 0.4) is 0 Å². The standard InChI is InChI=1S/C28H24F2N4O3S/c1-3-23(26(36)32-20-10-8-19(30)9-11-20)38-28-22-12-21-17(14-35)13-31-15(2)24(21)37-27(22)33-25(34-28)16-4-6-18(29)7-5-16/h4-11,13,23,35H,3,12,14H2,1-2H3,(H,32,36)/t23-/m1/s1. The van der Waals surface area contributed by atoms with Crippen LogP contribution in [0.4, 0.5) is 14.5 Å². The van der Waals surface area contributed by atoms with Crippen LogP contribution in [0, 0.1) is 18.6 Å². The Balaban J connectivity index is 1.54. The zero-order valence-electron chi connectivity index (χ0n) is 20.7. The van der Waals surface area contributed by atoms with Crippen LogP contribution >= 0.6 is 11.8 Å². The molecule has 1 atom stereocenters. The number of fused-ring (bicyclic) bond motifs is 2. The van der Waals surface area contributed by atoms with E-state index in [4.69, 9.17) is 9.72 Å². The summed E-state index contributed by atoms with van der Waals surface area (Å²) >= 11 is 1.27. The lowest BCUT2D eigenvalue weighted by atomic mass is 9.99. The Labute approximate surface area is 222 Å². The minimum atomic E-state index is -0.530. The summed E-state index contributed by atoms with van der Waals surface area (Å²) in [5, 5.41) is 12.7. The van der Waals surface area contributed by atoms with Crippen molar-refractivity contribution in [2.45, 2.75) is 43.6 Å². The van der Waals surface area contributed by atoms with E-state index in [1.807, 2.05) is 13.8 Å². The Morgan fingerprint density at radius 3 is 2.42 bits per heavy atom. The largest absolute Gasteiger partial charge is 0.436 e. The number of thioether (sulfide) groups is 1. The SMILES string of the molecule is CC[C@@H](Sc1nc(-c2ccc(F)cc2)nc2c1Cc1c(CO)cnc(C)c1O2)C(=O)Nc1ccc(F)cc1. The summed E-state index contributed by atoms with van der Waals surface area (Å²) in [5.74, 6) is 0.153. The highest BCUT2D eigenvalue weighted by Gasteiger charge is 2.30. The van der Waals surface area contributed by atoms with Gasteiger partial charge >= 0.3 is 0 Å². The lowest BCUT2D eigenvalue weighted by molar-refractivity contribution is -0.115. The second-order valence-electron chi connectivity index (χ2n) is 8.77. The smallest absolute Gasteiger partial charge is 0.237 e. The van der Waals surface area contributed by atoms with Gasteiger partial charge in [-0.15, -0.1) is 0 Å². The summed E-state index contributed by atoms with van der Waals surface area (Å²) in [6.07, 6.45) is 2.49. The minimum absolute atomic E-state index is 0.205. The molecule has 38 heavy (non-hydrogen) atoms. The van der Waals surface area contributed by atoms with Crippen molar-refractivity contribution in [3.63, 3.8) is 0 Å². The molecule has 2 aromatic heterocycles. The molecule has 3 heterocycles. The first kappa shape index (κ1) is 25.7. The second-order valence-corrected chi connectivity index (χ2v) is 9.96. The zero-order valence-corrected chi connectivity index (χ0v) is 21.5. The van der Waals surface area contributed by atoms with Gasteiger partial charge in [0, 0.05) is 35.0 Å². The number of rotatable bonds is 7. The van der Waals surface area contributed by atoms with E-state index in [9.17, 15) is 18.7 Å². The Bertz CT molecular complexity index is 1500. The Morgan fingerprint density at radius 1 is 1.08 bits per heavy atom. The number of carbonyl (C=O) groups excluding carboxylic acids is 1. The molecule has 4 aromatic rings. The van der Waals surface area contributed by atoms with E-state index < -0.39 is 11.1 Å². The van der Waals surface area contributed by atoms with E-state index in [-0.39, 0.29) is 18.3 Å². The second kappa shape index (κ2) is 10.8. The number of pyridine rings is 1. The molecule has 0 aliphatic carbocycles. The molecule has 7 nitrogen and oxygen atoms in total. The third-order valence-corrected chi connectivity index (χ3v) is 7.58. The number of aromatic nitrogens is 3. The van der Waals surface area contributed by atoms with Gasteiger partial charge in [-0.2, -0.15) is 4.98 Å². The van der Waals surface area contributed by atoms with E-state index in [2.05, 4.69) is 15.3 Å². The van der Waals surface area contributed by atoms with E-state index in [1.165, 1.54) is 48.2 Å². The first-order valence-electron chi connectivity index (χ1n) is 12.0. The highest BCUT2D eigenvalue weighted by Crippen LogP contribution is 2.43. The highest BCUT2D eigenvalue weighted by molar-refractivity contribution is 8.00. The van der Waals surface area contributed by atoms with Crippen molar-refractivity contribution in [3.8, 4) is 23.0 Å². The minimum Gasteiger partial charge on any atom is -0.436 e. The molecule has 10 heteroatoms. The third-order valence-electron chi connectivity index (χ3n) is 6.19. The summed E-state index contributed by atoms with van der Waals surface area (Å²) in [6.45, 7) is 3.50. The van der Waals surface area contributed by atoms with Crippen LogP contribution in [0.2, 0.25) is 0 Å². The van der Waals surface area contributed by atoms with Gasteiger partial charge in [-0.1, -0.05) is 18.7 Å². The number of amides is 1. The van der Waals surface area contributed by atoms with Gasteiger partial charge in [0.2, 0.25) is 11.8 Å². The molecule has 0 radical (unpaired) electrons. The van der Waals surface area contributed by atoms with Gasteiger partial charge in [0.1, 0.15) is 16.7 Å². The number of aryl methyl sites for hydroxylation is 1. The predicted octanol–water partition coefficient (Wildman–Crippen LogP) is 5.82. The molecule has 2 aromatic carbocycles. The zero-order chi connectivity index (χ0) is 26.8. The van der Waals surface area contributed by atoms with Crippen molar-refractivity contribution < 1.29 is 23.4 Å². The fraction of sp³-hybridized carbons (Fsp3) is 0.214. The molecule has 0 spiro atoms. The molecule has 0 unspecified atom stereocenters. The van der Waals surface area contributed by atoms with Crippen molar-refractivity contribution >= 4 is 23.4 Å². The number of hydrogen-bond donors (Lipinski definition) is 2. The van der Waals surface area contributed by atoms with Gasteiger partial charge in [0.05, 0.1) is 23.1 Å². The molecule has 1 amide bonds. The average molecular weight is 535 g/mol. The summed E-state index contributed by atoms with van der Waals surface area (Å²) in [4.78, 5) is 26.9. The summed E-state index contributed by atoms with van der Waals surface area (Å²) in [7, 11) is 0. The lowest BCUT2D eigenvalue weighted by Crippen LogP contribution is -2.25.